The zero-order valence-corrected chi connectivity index (χ0v) is 16.0. The first-order valence-electron chi connectivity index (χ1n) is 9.89. The number of aliphatic hydroxyl groups excluding tert-OH is 1. The van der Waals surface area contributed by atoms with Crippen LogP contribution in [0.2, 0.25) is 0 Å². The monoisotopic (exact) mass is 402 g/mol. The van der Waals surface area contributed by atoms with E-state index in [-0.39, 0.29) is 24.5 Å². The normalized spacial score (nSPS) is 20.2. The van der Waals surface area contributed by atoms with Crippen LogP contribution in [-0.4, -0.2) is 53.6 Å². The number of β-amino-alcohol motifs (C(OH)–C–C–N with tert-alkyl or cyclic N) is 1. The van der Waals surface area contributed by atoms with Crippen molar-refractivity contribution in [2.75, 3.05) is 13.2 Å². The smallest absolute Gasteiger partial charge is 0.276 e. The molecule has 6 rings (SSSR count). The minimum atomic E-state index is -0.0354. The van der Waals surface area contributed by atoms with E-state index in [1.54, 1.807) is 21.7 Å². The Kier molecular flexibility index (Phi) is 3.72. The van der Waals surface area contributed by atoms with Gasteiger partial charge in [-0.15, -0.1) is 0 Å². The number of nitrogens with zero attached hydrogens (tertiary/aromatic N) is 6. The SMILES string of the molecule is O=C1C[C@H]2Cc3c(-c4noc(-c5cnc6ncccn56)n4)cccc3[C@H]2N1CCO. The number of carbonyl (C=O) groups is 1. The summed E-state index contributed by atoms with van der Waals surface area (Å²) in [6.45, 7) is 0.324. The lowest BCUT2D eigenvalue weighted by Crippen LogP contribution is -2.30. The molecule has 1 amide bonds. The van der Waals surface area contributed by atoms with Gasteiger partial charge >= 0.3 is 0 Å². The molecule has 150 valence electrons. The third kappa shape index (κ3) is 2.42. The number of aliphatic hydroxyl groups is 1. The van der Waals surface area contributed by atoms with Crippen molar-refractivity contribution in [1.82, 2.24) is 29.4 Å². The van der Waals surface area contributed by atoms with E-state index in [4.69, 9.17) is 4.52 Å². The van der Waals surface area contributed by atoms with E-state index in [9.17, 15) is 9.90 Å². The van der Waals surface area contributed by atoms with Crippen LogP contribution in [-0.2, 0) is 11.2 Å². The van der Waals surface area contributed by atoms with E-state index in [1.165, 1.54) is 0 Å². The Morgan fingerprint density at radius 3 is 3.03 bits per heavy atom. The standard InChI is InChI=1S/C21H18N6O3/c28-8-7-27-17(29)10-12-9-15-13(18(12)27)3-1-4-14(15)19-24-20(30-25-19)16-11-23-21-22-5-2-6-26(16)21/h1-6,11-12,18,28H,7-10H2/t12-,18+/m1/s1. The molecule has 0 radical (unpaired) electrons. The van der Waals surface area contributed by atoms with Crippen molar-refractivity contribution < 1.29 is 14.4 Å². The summed E-state index contributed by atoms with van der Waals surface area (Å²) in [5, 5.41) is 13.6. The minimum Gasteiger partial charge on any atom is -0.395 e. The summed E-state index contributed by atoms with van der Waals surface area (Å²) in [7, 11) is 0. The molecule has 1 aliphatic carbocycles. The topological polar surface area (TPSA) is 110 Å². The predicted molar refractivity (Wildman–Crippen MR) is 105 cm³/mol. The summed E-state index contributed by atoms with van der Waals surface area (Å²) < 4.78 is 7.36. The van der Waals surface area contributed by atoms with Crippen LogP contribution in [0.25, 0.3) is 28.8 Å². The number of likely N-dealkylation sites (tertiary alicyclic amines) is 1. The molecule has 4 heterocycles. The second-order valence-corrected chi connectivity index (χ2v) is 7.65. The highest BCUT2D eigenvalue weighted by atomic mass is 16.5. The highest BCUT2D eigenvalue weighted by Gasteiger charge is 2.46. The lowest BCUT2D eigenvalue weighted by molar-refractivity contribution is -0.129. The van der Waals surface area contributed by atoms with Gasteiger partial charge in [-0.3, -0.25) is 9.20 Å². The lowest BCUT2D eigenvalue weighted by atomic mass is 10.0. The summed E-state index contributed by atoms with van der Waals surface area (Å²) in [5.41, 5.74) is 3.86. The van der Waals surface area contributed by atoms with Crippen LogP contribution in [0.15, 0.2) is 47.4 Å². The molecule has 2 aliphatic rings. The van der Waals surface area contributed by atoms with Gasteiger partial charge in [-0.2, -0.15) is 4.98 Å². The average Bonchev–Trinajstić information content (AvgIpc) is 3.51. The molecule has 3 aromatic heterocycles. The number of hydrogen-bond donors (Lipinski definition) is 1. The Labute approximate surface area is 171 Å². The Hall–Kier alpha value is -3.59. The zero-order chi connectivity index (χ0) is 20.2. The summed E-state index contributed by atoms with van der Waals surface area (Å²) >= 11 is 0. The van der Waals surface area contributed by atoms with Gasteiger partial charge in [0.05, 0.1) is 18.8 Å². The van der Waals surface area contributed by atoms with Gasteiger partial charge in [-0.05, 0) is 29.5 Å². The van der Waals surface area contributed by atoms with Crippen molar-refractivity contribution in [3.8, 4) is 23.0 Å². The lowest BCUT2D eigenvalue weighted by Gasteiger charge is -2.24. The van der Waals surface area contributed by atoms with E-state index in [0.717, 1.165) is 23.1 Å². The number of benzene rings is 1. The maximum atomic E-state index is 12.3. The number of amides is 1. The number of fused-ring (bicyclic) bond motifs is 4. The quantitative estimate of drug-likeness (QED) is 0.555. The van der Waals surface area contributed by atoms with E-state index >= 15 is 0 Å². The number of carbonyl (C=O) groups excluding carboxylic acids is 1. The first-order chi connectivity index (χ1) is 14.7. The molecule has 0 bridgehead atoms. The van der Waals surface area contributed by atoms with Crippen LogP contribution in [0.1, 0.15) is 23.6 Å². The van der Waals surface area contributed by atoms with Crippen molar-refractivity contribution in [3.05, 3.63) is 54.0 Å². The third-order valence-electron chi connectivity index (χ3n) is 6.05. The summed E-state index contributed by atoms with van der Waals surface area (Å²) in [4.78, 5) is 27.3. The molecule has 9 nitrogen and oxygen atoms in total. The van der Waals surface area contributed by atoms with Crippen molar-refractivity contribution in [2.45, 2.75) is 18.9 Å². The van der Waals surface area contributed by atoms with Crippen LogP contribution in [0.4, 0.5) is 0 Å². The largest absolute Gasteiger partial charge is 0.395 e. The molecular weight excluding hydrogens is 384 g/mol. The fourth-order valence-electron chi connectivity index (χ4n) is 4.84. The van der Waals surface area contributed by atoms with Crippen LogP contribution in [0, 0.1) is 5.92 Å². The molecule has 30 heavy (non-hydrogen) atoms. The number of rotatable bonds is 4. The Morgan fingerprint density at radius 2 is 2.13 bits per heavy atom. The van der Waals surface area contributed by atoms with Crippen molar-refractivity contribution in [1.29, 1.82) is 0 Å². The first kappa shape index (κ1) is 17.3. The molecule has 1 saturated heterocycles. The van der Waals surface area contributed by atoms with E-state index < -0.39 is 0 Å². The van der Waals surface area contributed by atoms with Gasteiger partial charge in [0.15, 0.2) is 0 Å². The first-order valence-corrected chi connectivity index (χ1v) is 9.89. The molecule has 1 fully saturated rings. The molecule has 4 aromatic rings. The molecule has 0 spiro atoms. The highest BCUT2D eigenvalue weighted by Crippen LogP contribution is 2.49. The minimum absolute atomic E-state index is 0.0100. The fourth-order valence-corrected chi connectivity index (χ4v) is 4.84. The molecule has 1 aromatic carbocycles. The zero-order valence-electron chi connectivity index (χ0n) is 16.0. The number of aromatic nitrogens is 5. The highest BCUT2D eigenvalue weighted by molar-refractivity contribution is 5.81. The van der Waals surface area contributed by atoms with Gasteiger partial charge in [0.2, 0.25) is 17.5 Å². The maximum Gasteiger partial charge on any atom is 0.276 e. The average molecular weight is 402 g/mol. The molecular formula is C21H18N6O3. The van der Waals surface area contributed by atoms with Crippen LogP contribution in [0.3, 0.4) is 0 Å². The van der Waals surface area contributed by atoms with Gasteiger partial charge in [-0.25, -0.2) is 9.97 Å². The van der Waals surface area contributed by atoms with Gasteiger partial charge in [0, 0.05) is 30.9 Å². The number of hydrogen-bond acceptors (Lipinski definition) is 7. The Bertz CT molecular complexity index is 1280. The summed E-state index contributed by atoms with van der Waals surface area (Å²) in [6.07, 6.45) is 6.49. The van der Waals surface area contributed by atoms with Gasteiger partial charge in [0.25, 0.3) is 5.89 Å². The second-order valence-electron chi connectivity index (χ2n) is 7.65. The van der Waals surface area contributed by atoms with Gasteiger partial charge in [0.1, 0.15) is 5.69 Å². The van der Waals surface area contributed by atoms with E-state index in [2.05, 4.69) is 26.2 Å². The van der Waals surface area contributed by atoms with Gasteiger partial charge < -0.3 is 14.5 Å². The Morgan fingerprint density at radius 1 is 1.20 bits per heavy atom. The predicted octanol–water partition coefficient (Wildman–Crippen LogP) is 1.88. The Balaban J connectivity index is 1.40. The molecule has 0 saturated carbocycles. The summed E-state index contributed by atoms with van der Waals surface area (Å²) in [5.74, 6) is 1.78. The van der Waals surface area contributed by atoms with Crippen molar-refractivity contribution in [3.63, 3.8) is 0 Å². The molecule has 0 unspecified atom stereocenters. The third-order valence-corrected chi connectivity index (χ3v) is 6.05. The molecule has 2 atom stereocenters. The van der Waals surface area contributed by atoms with Crippen LogP contribution < -0.4 is 0 Å². The van der Waals surface area contributed by atoms with E-state index in [1.807, 2.05) is 24.4 Å². The molecule has 1 aliphatic heterocycles. The molecule has 1 N–H and O–H groups in total. The second kappa shape index (κ2) is 6.46. The van der Waals surface area contributed by atoms with Crippen LogP contribution >= 0.6 is 0 Å². The van der Waals surface area contributed by atoms with Crippen LogP contribution in [0.5, 0.6) is 0 Å². The maximum absolute atomic E-state index is 12.3. The van der Waals surface area contributed by atoms with Crippen molar-refractivity contribution >= 4 is 11.7 Å². The fraction of sp³-hybridized carbons (Fsp3) is 0.286. The number of imidazole rings is 1. The van der Waals surface area contributed by atoms with Crippen molar-refractivity contribution in [2.24, 2.45) is 5.92 Å². The van der Waals surface area contributed by atoms with E-state index in [0.29, 0.717) is 36.2 Å². The van der Waals surface area contributed by atoms with Gasteiger partial charge in [-0.1, -0.05) is 23.4 Å². The molecule has 9 heteroatoms. The summed E-state index contributed by atoms with van der Waals surface area (Å²) in [6, 6.07) is 7.84.